The van der Waals surface area contributed by atoms with Crippen molar-refractivity contribution in [3.8, 4) is 0 Å². The summed E-state index contributed by atoms with van der Waals surface area (Å²) in [4.78, 5) is 29.7. The highest BCUT2D eigenvalue weighted by atomic mass is 35.5. The molecule has 36 heavy (non-hydrogen) atoms. The number of fused-ring (bicyclic) bond motifs is 1. The Kier molecular flexibility index (Phi) is 7.17. The normalized spacial score (nSPS) is 17.3. The van der Waals surface area contributed by atoms with Gasteiger partial charge in [-0.05, 0) is 55.3 Å². The summed E-state index contributed by atoms with van der Waals surface area (Å²) in [5.74, 6) is -0.526. The van der Waals surface area contributed by atoms with Gasteiger partial charge in [0, 0.05) is 47.4 Å². The van der Waals surface area contributed by atoms with Crippen LogP contribution in [0.25, 0.3) is 0 Å². The number of rotatable bonds is 7. The standard InChI is InChI=1S/C28H28Cl2N2O4/c1-27(2,35)20-9-14-24-23(15-20)26(34)32(16-18-5-10-21(29)11-6-18)28(24,36-17-25(33)31(3)4)19-7-12-22(30)13-8-19/h5-15,35H,16-17H2,1-4H3. The van der Waals surface area contributed by atoms with Crippen LogP contribution in [0.5, 0.6) is 0 Å². The van der Waals surface area contributed by atoms with Crippen LogP contribution in [0, 0.1) is 0 Å². The fraction of sp³-hybridized carbons (Fsp3) is 0.286. The van der Waals surface area contributed by atoms with Gasteiger partial charge in [-0.2, -0.15) is 0 Å². The van der Waals surface area contributed by atoms with Crippen LogP contribution in [0.15, 0.2) is 66.7 Å². The maximum atomic E-state index is 14.0. The molecule has 0 saturated heterocycles. The van der Waals surface area contributed by atoms with Gasteiger partial charge in [-0.1, -0.05) is 59.6 Å². The van der Waals surface area contributed by atoms with Gasteiger partial charge < -0.3 is 14.7 Å². The molecule has 0 spiro atoms. The smallest absolute Gasteiger partial charge is 0.257 e. The van der Waals surface area contributed by atoms with Crippen LogP contribution in [-0.4, -0.2) is 47.4 Å². The summed E-state index contributed by atoms with van der Waals surface area (Å²) in [5, 5.41) is 11.7. The molecule has 4 rings (SSSR count). The number of ether oxygens (including phenoxy) is 1. The average molecular weight is 527 g/mol. The Bertz CT molecular complexity index is 1280. The Labute approximate surface area is 221 Å². The SMILES string of the molecule is CN(C)C(=O)COC1(c2ccc(Cl)cc2)c2ccc(C(C)(C)O)cc2C(=O)N1Cc1ccc(Cl)cc1. The van der Waals surface area contributed by atoms with Gasteiger partial charge in [0.05, 0.1) is 5.60 Å². The van der Waals surface area contributed by atoms with Crippen LogP contribution in [0.1, 0.15) is 46.5 Å². The van der Waals surface area contributed by atoms with Gasteiger partial charge in [-0.25, -0.2) is 0 Å². The number of halogens is 2. The van der Waals surface area contributed by atoms with E-state index in [1.165, 1.54) is 4.90 Å². The van der Waals surface area contributed by atoms with Crippen LogP contribution in [0.2, 0.25) is 10.0 Å². The van der Waals surface area contributed by atoms with Gasteiger partial charge in [0.1, 0.15) is 6.61 Å². The molecule has 1 aliphatic heterocycles. The first-order valence-electron chi connectivity index (χ1n) is 11.5. The third kappa shape index (κ3) is 4.87. The molecule has 6 nitrogen and oxygen atoms in total. The summed E-state index contributed by atoms with van der Waals surface area (Å²) >= 11 is 12.3. The van der Waals surface area contributed by atoms with Gasteiger partial charge in [0.2, 0.25) is 5.91 Å². The van der Waals surface area contributed by atoms with Gasteiger partial charge >= 0.3 is 0 Å². The van der Waals surface area contributed by atoms with Crippen molar-refractivity contribution in [3.05, 3.63) is 105 Å². The van der Waals surface area contributed by atoms with E-state index in [2.05, 4.69) is 0 Å². The molecule has 0 saturated carbocycles. The zero-order chi connectivity index (χ0) is 26.3. The van der Waals surface area contributed by atoms with Crippen molar-refractivity contribution in [1.29, 1.82) is 0 Å². The molecule has 0 bridgehead atoms. The van der Waals surface area contributed by atoms with Crippen molar-refractivity contribution in [2.45, 2.75) is 31.7 Å². The third-order valence-corrected chi connectivity index (χ3v) is 6.84. The van der Waals surface area contributed by atoms with Crippen molar-refractivity contribution in [1.82, 2.24) is 9.80 Å². The van der Waals surface area contributed by atoms with Gasteiger partial charge in [-0.3, -0.25) is 14.5 Å². The second kappa shape index (κ2) is 9.87. The van der Waals surface area contributed by atoms with Crippen molar-refractivity contribution in [2.75, 3.05) is 20.7 Å². The summed E-state index contributed by atoms with van der Waals surface area (Å²) < 4.78 is 6.45. The second-order valence-corrected chi connectivity index (χ2v) is 10.4. The summed E-state index contributed by atoms with van der Waals surface area (Å²) in [7, 11) is 3.30. The van der Waals surface area contributed by atoms with E-state index in [1.807, 2.05) is 12.1 Å². The van der Waals surface area contributed by atoms with E-state index in [0.29, 0.717) is 32.3 Å². The lowest BCUT2D eigenvalue weighted by Gasteiger charge is -2.39. The number of hydrogen-bond acceptors (Lipinski definition) is 4. The van der Waals surface area contributed by atoms with Gasteiger partial charge in [0.15, 0.2) is 5.72 Å². The van der Waals surface area contributed by atoms with E-state index in [0.717, 1.165) is 5.56 Å². The molecule has 1 aliphatic rings. The van der Waals surface area contributed by atoms with E-state index in [1.54, 1.807) is 87.4 Å². The minimum Gasteiger partial charge on any atom is -0.386 e. The van der Waals surface area contributed by atoms with Crippen molar-refractivity contribution in [3.63, 3.8) is 0 Å². The molecule has 1 heterocycles. The number of hydrogen-bond donors (Lipinski definition) is 1. The van der Waals surface area contributed by atoms with Crippen molar-refractivity contribution >= 4 is 35.0 Å². The van der Waals surface area contributed by atoms with E-state index >= 15 is 0 Å². The Morgan fingerprint density at radius 3 is 2.14 bits per heavy atom. The maximum absolute atomic E-state index is 14.0. The van der Waals surface area contributed by atoms with Gasteiger partial charge in [-0.15, -0.1) is 0 Å². The van der Waals surface area contributed by atoms with Crippen molar-refractivity contribution < 1.29 is 19.4 Å². The zero-order valence-electron chi connectivity index (χ0n) is 20.6. The minimum atomic E-state index is -1.40. The van der Waals surface area contributed by atoms with Crippen LogP contribution < -0.4 is 0 Å². The molecular weight excluding hydrogens is 499 g/mol. The zero-order valence-corrected chi connectivity index (χ0v) is 22.1. The van der Waals surface area contributed by atoms with Crippen LogP contribution >= 0.6 is 23.2 Å². The highest BCUT2D eigenvalue weighted by Crippen LogP contribution is 2.47. The molecule has 8 heteroatoms. The maximum Gasteiger partial charge on any atom is 0.257 e. The fourth-order valence-corrected chi connectivity index (χ4v) is 4.56. The summed E-state index contributed by atoms with van der Waals surface area (Å²) in [6.45, 7) is 3.27. The lowest BCUT2D eigenvalue weighted by atomic mass is 9.89. The number of carbonyl (C=O) groups excluding carboxylic acids is 2. The predicted octanol–water partition coefficient (Wildman–Crippen LogP) is 5.18. The third-order valence-electron chi connectivity index (χ3n) is 6.34. The van der Waals surface area contributed by atoms with E-state index in [4.69, 9.17) is 27.9 Å². The van der Waals surface area contributed by atoms with Crippen LogP contribution in [-0.2, 0) is 27.4 Å². The highest BCUT2D eigenvalue weighted by molar-refractivity contribution is 6.30. The number of carbonyl (C=O) groups is 2. The Morgan fingerprint density at radius 1 is 1.00 bits per heavy atom. The number of likely N-dealkylation sites (N-methyl/N-ethyl adjacent to an activating group) is 1. The van der Waals surface area contributed by atoms with Gasteiger partial charge in [0.25, 0.3) is 5.91 Å². The minimum absolute atomic E-state index is 0.196. The first-order valence-corrected chi connectivity index (χ1v) is 12.2. The summed E-state index contributed by atoms with van der Waals surface area (Å²) in [6, 6.07) is 19.5. The molecular formula is C28H28Cl2N2O4. The molecule has 0 aromatic heterocycles. The molecule has 1 N–H and O–H groups in total. The summed E-state index contributed by atoms with van der Waals surface area (Å²) in [5.41, 5.74) is 0.514. The molecule has 1 atom stereocenters. The van der Waals surface area contributed by atoms with Crippen molar-refractivity contribution in [2.24, 2.45) is 0 Å². The average Bonchev–Trinajstić information content (AvgIpc) is 3.06. The lowest BCUT2D eigenvalue weighted by molar-refractivity contribution is -0.151. The van der Waals surface area contributed by atoms with E-state index < -0.39 is 11.3 Å². The predicted molar refractivity (Wildman–Crippen MR) is 140 cm³/mol. The second-order valence-electron chi connectivity index (χ2n) is 9.56. The fourth-order valence-electron chi connectivity index (χ4n) is 4.31. The number of benzene rings is 3. The summed E-state index contributed by atoms with van der Waals surface area (Å²) in [6.07, 6.45) is 0. The first kappa shape index (κ1) is 26.2. The van der Waals surface area contributed by atoms with Crippen LogP contribution in [0.4, 0.5) is 0 Å². The molecule has 0 aliphatic carbocycles. The largest absolute Gasteiger partial charge is 0.386 e. The molecule has 2 amide bonds. The van der Waals surface area contributed by atoms with E-state index in [9.17, 15) is 14.7 Å². The number of amides is 2. The molecule has 0 radical (unpaired) electrons. The van der Waals surface area contributed by atoms with Crippen LogP contribution in [0.3, 0.4) is 0 Å². The molecule has 3 aromatic carbocycles. The van der Waals surface area contributed by atoms with E-state index in [-0.39, 0.29) is 25.0 Å². The quantitative estimate of drug-likeness (QED) is 0.460. The number of nitrogens with zero attached hydrogens (tertiary/aromatic N) is 2. The first-order chi connectivity index (χ1) is 16.9. The molecule has 3 aromatic rings. The monoisotopic (exact) mass is 526 g/mol. The Balaban J connectivity index is 1.94. The molecule has 188 valence electrons. The molecule has 1 unspecified atom stereocenters. The molecule has 0 fully saturated rings. The lowest BCUT2D eigenvalue weighted by Crippen LogP contribution is -2.48. The number of aliphatic hydroxyl groups is 1. The highest BCUT2D eigenvalue weighted by Gasteiger charge is 2.53. The Morgan fingerprint density at radius 2 is 1.58 bits per heavy atom. The topological polar surface area (TPSA) is 70.1 Å². The Hall–Kier alpha value is -2.90.